The van der Waals surface area contributed by atoms with Crippen molar-refractivity contribution < 1.29 is 13.2 Å². The smallest absolute Gasteiger partial charge is 0.244 e. The molecule has 4 aromatic carbocycles. The highest BCUT2D eigenvalue weighted by Gasteiger charge is 2.39. The average molecular weight is 477 g/mol. The molecule has 1 aliphatic rings. The fourth-order valence-corrected chi connectivity index (χ4v) is 5.92. The number of carbonyl (C=O) groups is 1. The van der Waals surface area contributed by atoms with Crippen LogP contribution in [0.3, 0.4) is 0 Å². The lowest BCUT2D eigenvalue weighted by atomic mass is 9.95. The van der Waals surface area contributed by atoms with Crippen molar-refractivity contribution in [1.29, 1.82) is 0 Å². The van der Waals surface area contributed by atoms with Crippen molar-refractivity contribution in [3.05, 3.63) is 107 Å². The molecule has 4 aromatic rings. The minimum absolute atomic E-state index is 0.129. The molecule has 5 rings (SSSR count). The second kappa shape index (κ2) is 8.63. The standard InChI is InChI=1S/C26H21ClN2O3S/c27-22-10-12-23(13-11-22)28-26(30)25-16-20-7-3-4-8-21(20)17-29(25)33(31,32)24-14-9-18-5-1-2-6-19(18)15-24/h1-15,25H,16-17H2,(H,28,30)/t25-/m0/s1. The maximum atomic E-state index is 13.8. The van der Waals surface area contributed by atoms with Crippen molar-refractivity contribution in [2.75, 3.05) is 5.32 Å². The molecule has 0 bridgehead atoms. The average Bonchev–Trinajstić information content (AvgIpc) is 2.84. The van der Waals surface area contributed by atoms with E-state index in [4.69, 9.17) is 11.6 Å². The summed E-state index contributed by atoms with van der Waals surface area (Å²) in [7, 11) is -3.94. The van der Waals surface area contributed by atoms with Crippen LogP contribution in [0, 0.1) is 0 Å². The number of carbonyl (C=O) groups excluding carboxylic acids is 1. The van der Waals surface area contributed by atoms with Crippen LogP contribution in [-0.4, -0.2) is 24.7 Å². The van der Waals surface area contributed by atoms with E-state index in [1.54, 1.807) is 42.5 Å². The molecule has 1 N–H and O–H groups in total. The topological polar surface area (TPSA) is 66.5 Å². The highest BCUT2D eigenvalue weighted by molar-refractivity contribution is 7.89. The molecular weight excluding hydrogens is 456 g/mol. The third-order valence-electron chi connectivity index (χ3n) is 5.95. The van der Waals surface area contributed by atoms with Gasteiger partial charge in [-0.25, -0.2) is 8.42 Å². The molecule has 0 fully saturated rings. The monoisotopic (exact) mass is 476 g/mol. The van der Waals surface area contributed by atoms with Gasteiger partial charge in [0.25, 0.3) is 0 Å². The molecule has 0 unspecified atom stereocenters. The number of hydrogen-bond acceptors (Lipinski definition) is 3. The summed E-state index contributed by atoms with van der Waals surface area (Å²) in [5.41, 5.74) is 2.43. The Bertz CT molecular complexity index is 1450. The van der Waals surface area contributed by atoms with E-state index in [0.29, 0.717) is 17.1 Å². The van der Waals surface area contributed by atoms with E-state index in [9.17, 15) is 13.2 Å². The lowest BCUT2D eigenvalue weighted by molar-refractivity contribution is -0.120. The molecule has 0 saturated carbocycles. The molecular formula is C26H21ClN2O3S. The molecule has 166 valence electrons. The van der Waals surface area contributed by atoms with Gasteiger partial charge in [0, 0.05) is 17.3 Å². The van der Waals surface area contributed by atoms with Crippen molar-refractivity contribution in [3.63, 3.8) is 0 Å². The zero-order valence-corrected chi connectivity index (χ0v) is 19.2. The van der Waals surface area contributed by atoms with Gasteiger partial charge in [0.15, 0.2) is 0 Å². The Morgan fingerprint density at radius 3 is 2.27 bits per heavy atom. The quantitative estimate of drug-likeness (QED) is 0.437. The van der Waals surface area contributed by atoms with Gasteiger partial charge in [-0.2, -0.15) is 4.31 Å². The van der Waals surface area contributed by atoms with E-state index in [1.807, 2.05) is 48.5 Å². The van der Waals surface area contributed by atoms with E-state index in [2.05, 4.69) is 5.32 Å². The second-order valence-electron chi connectivity index (χ2n) is 8.04. The number of hydrogen-bond donors (Lipinski definition) is 1. The third kappa shape index (κ3) is 4.25. The summed E-state index contributed by atoms with van der Waals surface area (Å²) in [5, 5.41) is 5.19. The number of anilines is 1. The molecule has 0 aromatic heterocycles. The van der Waals surface area contributed by atoms with Gasteiger partial charge in [-0.1, -0.05) is 66.2 Å². The van der Waals surface area contributed by atoms with Crippen molar-refractivity contribution in [1.82, 2.24) is 4.31 Å². The maximum Gasteiger partial charge on any atom is 0.244 e. The van der Waals surface area contributed by atoms with Crippen molar-refractivity contribution in [2.24, 2.45) is 0 Å². The zero-order valence-electron chi connectivity index (χ0n) is 17.6. The van der Waals surface area contributed by atoms with Gasteiger partial charge in [0.05, 0.1) is 4.90 Å². The molecule has 0 saturated heterocycles. The summed E-state index contributed by atoms with van der Waals surface area (Å²) < 4.78 is 28.9. The van der Waals surface area contributed by atoms with Crippen molar-refractivity contribution in [3.8, 4) is 0 Å². The summed E-state index contributed by atoms with van der Waals surface area (Å²) in [6, 6.07) is 26.2. The summed E-state index contributed by atoms with van der Waals surface area (Å²) in [6.07, 6.45) is 0.294. The van der Waals surface area contributed by atoms with Gasteiger partial charge >= 0.3 is 0 Å². The van der Waals surface area contributed by atoms with Crippen molar-refractivity contribution >= 4 is 44.0 Å². The Balaban J connectivity index is 1.54. The number of benzene rings is 4. The molecule has 33 heavy (non-hydrogen) atoms. The Hall–Kier alpha value is -3.19. The number of halogens is 1. The minimum Gasteiger partial charge on any atom is -0.325 e. The van der Waals surface area contributed by atoms with Crippen LogP contribution < -0.4 is 5.32 Å². The van der Waals surface area contributed by atoms with Gasteiger partial charge < -0.3 is 5.32 Å². The lowest BCUT2D eigenvalue weighted by Gasteiger charge is -2.35. The number of fused-ring (bicyclic) bond motifs is 2. The minimum atomic E-state index is -3.94. The maximum absolute atomic E-state index is 13.8. The molecule has 7 heteroatoms. The number of amides is 1. The highest BCUT2D eigenvalue weighted by Crippen LogP contribution is 2.31. The van der Waals surface area contributed by atoms with Crippen LogP contribution in [0.4, 0.5) is 5.69 Å². The SMILES string of the molecule is O=C(Nc1ccc(Cl)cc1)[C@@H]1Cc2ccccc2CN1S(=O)(=O)c1ccc2ccccc2c1. The number of sulfonamides is 1. The Kier molecular flexibility index (Phi) is 5.66. The number of nitrogens with zero attached hydrogens (tertiary/aromatic N) is 1. The van der Waals surface area contributed by atoms with E-state index < -0.39 is 16.1 Å². The normalized spacial score (nSPS) is 16.3. The van der Waals surface area contributed by atoms with Gasteiger partial charge in [-0.15, -0.1) is 0 Å². The first-order chi connectivity index (χ1) is 15.9. The zero-order chi connectivity index (χ0) is 23.0. The van der Waals surface area contributed by atoms with Gasteiger partial charge in [0.2, 0.25) is 15.9 Å². The molecule has 5 nitrogen and oxygen atoms in total. The van der Waals surface area contributed by atoms with Crippen LogP contribution in [0.1, 0.15) is 11.1 Å². The number of nitrogens with one attached hydrogen (secondary N) is 1. The fraction of sp³-hybridized carbons (Fsp3) is 0.115. The Labute approximate surface area is 197 Å². The lowest BCUT2D eigenvalue weighted by Crippen LogP contribution is -2.50. The molecule has 0 radical (unpaired) electrons. The Morgan fingerprint density at radius 1 is 0.848 bits per heavy atom. The molecule has 1 heterocycles. The van der Waals surface area contributed by atoms with Gasteiger partial charge in [-0.3, -0.25) is 4.79 Å². The summed E-state index contributed by atoms with van der Waals surface area (Å²) >= 11 is 5.95. The van der Waals surface area contributed by atoms with E-state index in [1.165, 1.54) is 4.31 Å². The van der Waals surface area contributed by atoms with Crippen LogP contribution in [0.5, 0.6) is 0 Å². The van der Waals surface area contributed by atoms with Crippen molar-refractivity contribution in [2.45, 2.75) is 23.9 Å². The molecule has 0 spiro atoms. The molecule has 0 aliphatic carbocycles. The largest absolute Gasteiger partial charge is 0.325 e. The summed E-state index contributed by atoms with van der Waals surface area (Å²) in [5.74, 6) is -0.379. The predicted molar refractivity (Wildman–Crippen MR) is 131 cm³/mol. The van der Waals surface area contributed by atoms with Crippen LogP contribution in [-0.2, 0) is 27.8 Å². The first kappa shape index (κ1) is 21.6. The molecule has 1 amide bonds. The van der Waals surface area contributed by atoms with Gasteiger partial charge in [0.1, 0.15) is 6.04 Å². The highest BCUT2D eigenvalue weighted by atomic mass is 35.5. The van der Waals surface area contributed by atoms with Crippen LogP contribution >= 0.6 is 11.6 Å². The first-order valence-corrected chi connectivity index (χ1v) is 12.4. The summed E-state index contributed by atoms with van der Waals surface area (Å²) in [6.45, 7) is 0.129. The second-order valence-corrected chi connectivity index (χ2v) is 10.4. The van der Waals surface area contributed by atoms with E-state index >= 15 is 0 Å². The molecule has 1 aliphatic heterocycles. The van der Waals surface area contributed by atoms with Crippen LogP contribution in [0.25, 0.3) is 10.8 Å². The van der Waals surface area contributed by atoms with Gasteiger partial charge in [-0.05, 0) is 64.7 Å². The molecule has 1 atom stereocenters. The summed E-state index contributed by atoms with van der Waals surface area (Å²) in [4.78, 5) is 13.5. The Morgan fingerprint density at radius 2 is 1.52 bits per heavy atom. The van der Waals surface area contributed by atoms with E-state index in [0.717, 1.165) is 21.9 Å². The third-order valence-corrected chi connectivity index (χ3v) is 8.05. The predicted octanol–water partition coefficient (Wildman–Crippen LogP) is 5.25. The van der Waals surface area contributed by atoms with E-state index in [-0.39, 0.29) is 17.3 Å². The first-order valence-electron chi connectivity index (χ1n) is 10.6. The van der Waals surface area contributed by atoms with Crippen LogP contribution in [0.2, 0.25) is 5.02 Å². The number of rotatable bonds is 4. The van der Waals surface area contributed by atoms with Crippen LogP contribution in [0.15, 0.2) is 95.9 Å². The fourth-order valence-electron chi connectivity index (χ4n) is 4.20.